The number of rotatable bonds is 4. The fraction of sp³-hybridized carbons (Fsp3) is 0.304. The maximum atomic E-state index is 12.9. The Morgan fingerprint density at radius 2 is 1.67 bits per heavy atom. The first kappa shape index (κ1) is 19.2. The first-order valence-electron chi connectivity index (χ1n) is 9.15. The van der Waals surface area contributed by atoms with E-state index in [2.05, 4.69) is 17.2 Å². The van der Waals surface area contributed by atoms with E-state index in [-0.39, 0.29) is 11.7 Å². The van der Waals surface area contributed by atoms with Gasteiger partial charge in [-0.25, -0.2) is 0 Å². The van der Waals surface area contributed by atoms with E-state index in [9.17, 15) is 9.59 Å². The molecule has 0 unspecified atom stereocenters. The van der Waals surface area contributed by atoms with Crippen LogP contribution in [0.1, 0.15) is 54.1 Å². The predicted octanol–water partition coefficient (Wildman–Crippen LogP) is 4.52. The number of amides is 1. The Morgan fingerprint density at radius 1 is 1.04 bits per heavy atom. The Kier molecular flexibility index (Phi) is 5.98. The molecule has 1 amide bonds. The summed E-state index contributed by atoms with van der Waals surface area (Å²) < 4.78 is 0. The van der Waals surface area contributed by atoms with E-state index in [1.165, 1.54) is 6.92 Å². The normalized spacial score (nSPS) is 14.9. The third-order valence-corrected chi connectivity index (χ3v) is 5.40. The van der Waals surface area contributed by atoms with Gasteiger partial charge in [-0.3, -0.25) is 9.59 Å². The summed E-state index contributed by atoms with van der Waals surface area (Å²) in [7, 11) is 0. The zero-order valence-electron chi connectivity index (χ0n) is 15.3. The van der Waals surface area contributed by atoms with Crippen molar-refractivity contribution >= 4 is 23.3 Å². The second kappa shape index (κ2) is 8.41. The maximum absolute atomic E-state index is 12.9. The molecule has 0 heterocycles. The molecule has 27 heavy (non-hydrogen) atoms. The highest BCUT2D eigenvalue weighted by atomic mass is 35.5. The Labute approximate surface area is 165 Å². The number of benzene rings is 2. The molecular weight excluding hydrogens is 358 g/mol. The molecule has 0 spiro atoms. The number of Topliss-reactive ketones (excluding diaryl/α,β-unsaturated/α-hetero) is 1. The molecule has 4 heteroatoms. The SMILES string of the molecule is CC(=O)c1ccc(C#CCNC(=O)C2(c3ccc(Cl)cc3)CCCC2)cc1. The van der Waals surface area contributed by atoms with E-state index in [1.54, 1.807) is 12.1 Å². The van der Waals surface area contributed by atoms with Crippen LogP contribution in [0.2, 0.25) is 5.02 Å². The minimum Gasteiger partial charge on any atom is -0.344 e. The average Bonchev–Trinajstić information content (AvgIpc) is 3.17. The van der Waals surface area contributed by atoms with Crippen LogP contribution in [-0.2, 0) is 10.2 Å². The van der Waals surface area contributed by atoms with Gasteiger partial charge in [-0.15, -0.1) is 0 Å². The lowest BCUT2D eigenvalue weighted by Crippen LogP contribution is -2.42. The van der Waals surface area contributed by atoms with Crippen molar-refractivity contribution in [1.29, 1.82) is 0 Å². The van der Waals surface area contributed by atoms with Gasteiger partial charge in [0.1, 0.15) is 0 Å². The van der Waals surface area contributed by atoms with Gasteiger partial charge in [0.25, 0.3) is 0 Å². The Balaban J connectivity index is 1.66. The van der Waals surface area contributed by atoms with E-state index in [1.807, 2.05) is 36.4 Å². The molecule has 2 aromatic rings. The molecule has 3 rings (SSSR count). The summed E-state index contributed by atoms with van der Waals surface area (Å²) in [6, 6.07) is 14.8. The van der Waals surface area contributed by atoms with Gasteiger partial charge in [0, 0.05) is 16.1 Å². The van der Waals surface area contributed by atoms with Crippen LogP contribution < -0.4 is 5.32 Å². The molecule has 0 radical (unpaired) electrons. The van der Waals surface area contributed by atoms with Gasteiger partial charge in [0.05, 0.1) is 12.0 Å². The van der Waals surface area contributed by atoms with Crippen LogP contribution in [0.15, 0.2) is 48.5 Å². The second-order valence-electron chi connectivity index (χ2n) is 6.91. The molecule has 0 atom stereocenters. The quantitative estimate of drug-likeness (QED) is 0.627. The van der Waals surface area contributed by atoms with E-state index >= 15 is 0 Å². The van der Waals surface area contributed by atoms with Crippen LogP contribution in [0.25, 0.3) is 0 Å². The smallest absolute Gasteiger partial charge is 0.231 e. The lowest BCUT2D eigenvalue weighted by atomic mass is 9.78. The molecule has 0 saturated heterocycles. The van der Waals surface area contributed by atoms with Gasteiger partial charge in [0.15, 0.2) is 5.78 Å². The van der Waals surface area contributed by atoms with Crippen molar-refractivity contribution in [3.8, 4) is 11.8 Å². The van der Waals surface area contributed by atoms with E-state index in [0.717, 1.165) is 36.8 Å². The Bertz CT molecular complexity index is 883. The number of carbonyl (C=O) groups is 2. The Hall–Kier alpha value is -2.57. The van der Waals surface area contributed by atoms with Gasteiger partial charge in [-0.2, -0.15) is 0 Å². The summed E-state index contributed by atoms with van der Waals surface area (Å²) in [6.07, 6.45) is 3.79. The number of hydrogen-bond donors (Lipinski definition) is 1. The van der Waals surface area contributed by atoms with Gasteiger partial charge >= 0.3 is 0 Å². The molecule has 0 aromatic heterocycles. The first-order valence-corrected chi connectivity index (χ1v) is 9.53. The van der Waals surface area contributed by atoms with Crippen molar-refractivity contribution in [3.63, 3.8) is 0 Å². The number of carbonyl (C=O) groups excluding carboxylic acids is 2. The molecule has 138 valence electrons. The van der Waals surface area contributed by atoms with E-state index in [4.69, 9.17) is 11.6 Å². The van der Waals surface area contributed by atoms with Crippen molar-refractivity contribution in [2.75, 3.05) is 6.54 Å². The molecule has 2 aromatic carbocycles. The summed E-state index contributed by atoms with van der Waals surface area (Å²) in [4.78, 5) is 24.2. The lowest BCUT2D eigenvalue weighted by Gasteiger charge is -2.28. The highest BCUT2D eigenvalue weighted by molar-refractivity contribution is 6.30. The molecule has 1 aliphatic rings. The summed E-state index contributed by atoms with van der Waals surface area (Å²) in [5.74, 6) is 6.08. The van der Waals surface area contributed by atoms with Crippen molar-refractivity contribution in [2.24, 2.45) is 0 Å². The highest BCUT2D eigenvalue weighted by Gasteiger charge is 2.42. The fourth-order valence-electron chi connectivity index (χ4n) is 3.62. The van der Waals surface area contributed by atoms with E-state index < -0.39 is 5.41 Å². The fourth-order valence-corrected chi connectivity index (χ4v) is 3.75. The van der Waals surface area contributed by atoms with Crippen LogP contribution in [0, 0.1) is 11.8 Å². The van der Waals surface area contributed by atoms with Crippen molar-refractivity contribution < 1.29 is 9.59 Å². The summed E-state index contributed by atoms with van der Waals surface area (Å²) in [5, 5.41) is 3.65. The second-order valence-corrected chi connectivity index (χ2v) is 7.35. The van der Waals surface area contributed by atoms with Crippen molar-refractivity contribution in [1.82, 2.24) is 5.32 Å². The van der Waals surface area contributed by atoms with Gasteiger partial charge < -0.3 is 5.32 Å². The number of ketones is 1. The minimum absolute atomic E-state index is 0.0311. The molecule has 3 nitrogen and oxygen atoms in total. The molecule has 1 saturated carbocycles. The lowest BCUT2D eigenvalue weighted by molar-refractivity contribution is -0.126. The highest BCUT2D eigenvalue weighted by Crippen LogP contribution is 2.41. The van der Waals surface area contributed by atoms with Gasteiger partial charge in [0.2, 0.25) is 5.91 Å². The molecule has 1 aliphatic carbocycles. The molecule has 0 bridgehead atoms. The number of nitrogens with one attached hydrogen (secondary N) is 1. The number of hydrogen-bond acceptors (Lipinski definition) is 2. The topological polar surface area (TPSA) is 46.2 Å². The summed E-state index contributed by atoms with van der Waals surface area (Å²) in [5.41, 5.74) is 2.03. The first-order chi connectivity index (χ1) is 13.0. The zero-order valence-corrected chi connectivity index (χ0v) is 16.1. The van der Waals surface area contributed by atoms with Crippen LogP contribution in [-0.4, -0.2) is 18.2 Å². The largest absolute Gasteiger partial charge is 0.344 e. The molecular formula is C23H22ClNO2. The third kappa shape index (κ3) is 4.40. The van der Waals surface area contributed by atoms with Crippen LogP contribution >= 0.6 is 11.6 Å². The molecule has 0 aliphatic heterocycles. The van der Waals surface area contributed by atoms with Crippen LogP contribution in [0.3, 0.4) is 0 Å². The molecule has 1 N–H and O–H groups in total. The average molecular weight is 380 g/mol. The van der Waals surface area contributed by atoms with Crippen molar-refractivity contribution in [3.05, 3.63) is 70.2 Å². The summed E-state index contributed by atoms with van der Waals surface area (Å²) >= 11 is 5.99. The zero-order chi connectivity index (χ0) is 19.3. The van der Waals surface area contributed by atoms with Gasteiger partial charge in [-0.05, 0) is 49.6 Å². The molecule has 1 fully saturated rings. The van der Waals surface area contributed by atoms with Crippen molar-refractivity contribution in [2.45, 2.75) is 38.0 Å². The predicted molar refractivity (Wildman–Crippen MR) is 108 cm³/mol. The Morgan fingerprint density at radius 3 is 2.26 bits per heavy atom. The standard InChI is InChI=1S/C23H22ClNO2/c1-17(26)19-8-6-18(7-9-19)5-4-16-25-22(27)23(14-2-3-15-23)20-10-12-21(24)13-11-20/h6-13H,2-3,14-16H2,1H3,(H,25,27). The van der Waals surface area contributed by atoms with Gasteiger partial charge in [-0.1, -0.05) is 60.5 Å². The van der Waals surface area contributed by atoms with E-state index in [0.29, 0.717) is 17.1 Å². The van der Waals surface area contributed by atoms with Crippen LogP contribution in [0.4, 0.5) is 0 Å². The summed E-state index contributed by atoms with van der Waals surface area (Å²) in [6.45, 7) is 1.83. The maximum Gasteiger partial charge on any atom is 0.231 e. The monoisotopic (exact) mass is 379 g/mol. The van der Waals surface area contributed by atoms with Crippen LogP contribution in [0.5, 0.6) is 0 Å². The third-order valence-electron chi connectivity index (χ3n) is 5.15. The minimum atomic E-state index is -0.477. The number of halogens is 1.